The number of halogens is 1. The van der Waals surface area contributed by atoms with Crippen LogP contribution in [0.1, 0.15) is 32.3 Å². The van der Waals surface area contributed by atoms with Crippen LogP contribution in [0.3, 0.4) is 0 Å². The number of para-hydroxylation sites is 1. The summed E-state index contributed by atoms with van der Waals surface area (Å²) < 4.78 is 18.0. The Balaban J connectivity index is 1.83. The molecular weight excluding hydrogens is 413 g/mol. The molecule has 9 heteroatoms. The van der Waals surface area contributed by atoms with Crippen molar-refractivity contribution in [3.8, 4) is 0 Å². The van der Waals surface area contributed by atoms with Crippen LogP contribution in [0, 0.1) is 5.82 Å². The number of carbonyl (C=O) groups excluding carboxylic acids is 1. The Morgan fingerprint density at radius 3 is 2.59 bits per heavy atom. The molecule has 166 valence electrons. The molecule has 0 aliphatic carbocycles. The second kappa shape index (κ2) is 8.78. The summed E-state index contributed by atoms with van der Waals surface area (Å²) in [6.07, 6.45) is 0.856. The van der Waals surface area contributed by atoms with Gasteiger partial charge in [0.2, 0.25) is 11.7 Å². The molecule has 1 unspecified atom stereocenters. The molecule has 0 saturated heterocycles. The largest absolute Gasteiger partial charge is 0.354 e. The van der Waals surface area contributed by atoms with Gasteiger partial charge in [-0.25, -0.2) is 18.3 Å². The number of hydrogen-bond donors (Lipinski definition) is 1. The molecule has 0 bridgehead atoms. The number of nitrogens with one attached hydrogen (secondary N) is 1. The first kappa shape index (κ1) is 21.5. The summed E-state index contributed by atoms with van der Waals surface area (Å²) in [6.45, 7) is 3.86. The molecule has 2 aromatic carbocycles. The molecular formula is C23H24FN5O3. The summed E-state index contributed by atoms with van der Waals surface area (Å²) in [4.78, 5) is 38.6. The lowest BCUT2D eigenvalue weighted by atomic mass is 10.2. The second-order valence-corrected chi connectivity index (χ2v) is 7.77. The van der Waals surface area contributed by atoms with Crippen LogP contribution in [0.4, 0.5) is 4.39 Å². The van der Waals surface area contributed by atoms with Crippen molar-refractivity contribution < 1.29 is 9.18 Å². The number of carbonyl (C=O) groups is 1. The Kier molecular flexibility index (Phi) is 5.89. The lowest BCUT2D eigenvalue weighted by Crippen LogP contribution is -2.34. The molecule has 2 heterocycles. The van der Waals surface area contributed by atoms with Gasteiger partial charge >= 0.3 is 5.69 Å². The monoisotopic (exact) mass is 437 g/mol. The fraction of sp³-hybridized carbons (Fsp3) is 0.304. The minimum atomic E-state index is -0.489. The molecule has 2 aromatic heterocycles. The van der Waals surface area contributed by atoms with E-state index in [1.54, 1.807) is 42.5 Å². The number of aromatic nitrogens is 4. The molecule has 0 fully saturated rings. The summed E-state index contributed by atoms with van der Waals surface area (Å²) in [5.74, 6) is -0.516. The van der Waals surface area contributed by atoms with Crippen LogP contribution in [0.25, 0.3) is 16.7 Å². The van der Waals surface area contributed by atoms with Crippen molar-refractivity contribution in [3.63, 3.8) is 0 Å². The highest BCUT2D eigenvalue weighted by Gasteiger charge is 2.18. The molecule has 8 nitrogen and oxygen atoms in total. The number of nitrogens with zero attached hydrogens (tertiary/aromatic N) is 4. The maximum atomic E-state index is 14.2. The first-order valence-corrected chi connectivity index (χ1v) is 10.5. The third-order valence-electron chi connectivity index (χ3n) is 5.54. The van der Waals surface area contributed by atoms with Crippen LogP contribution in [0.15, 0.2) is 58.1 Å². The van der Waals surface area contributed by atoms with E-state index in [1.807, 2.05) is 13.8 Å². The van der Waals surface area contributed by atoms with Gasteiger partial charge in [-0.15, -0.1) is 5.10 Å². The molecule has 0 radical (unpaired) electrons. The van der Waals surface area contributed by atoms with E-state index in [2.05, 4.69) is 10.4 Å². The Morgan fingerprint density at radius 1 is 1.12 bits per heavy atom. The number of benzene rings is 2. The summed E-state index contributed by atoms with van der Waals surface area (Å²) in [7, 11) is 0. The van der Waals surface area contributed by atoms with E-state index >= 15 is 0 Å². The average Bonchev–Trinajstić information content (AvgIpc) is 3.11. The van der Waals surface area contributed by atoms with E-state index in [4.69, 9.17) is 0 Å². The van der Waals surface area contributed by atoms with E-state index in [0.29, 0.717) is 16.5 Å². The van der Waals surface area contributed by atoms with Gasteiger partial charge in [-0.05, 0) is 31.5 Å². The number of rotatable bonds is 7. The van der Waals surface area contributed by atoms with Crippen LogP contribution in [-0.4, -0.2) is 30.7 Å². The predicted molar refractivity (Wildman–Crippen MR) is 119 cm³/mol. The van der Waals surface area contributed by atoms with Crippen molar-refractivity contribution in [1.29, 1.82) is 0 Å². The van der Waals surface area contributed by atoms with Gasteiger partial charge in [-0.2, -0.15) is 0 Å². The molecule has 1 N–H and O–H groups in total. The van der Waals surface area contributed by atoms with Gasteiger partial charge in [0.05, 0.1) is 17.4 Å². The van der Waals surface area contributed by atoms with Crippen molar-refractivity contribution in [2.24, 2.45) is 0 Å². The number of hydrogen-bond acceptors (Lipinski definition) is 4. The highest BCUT2D eigenvalue weighted by molar-refractivity contribution is 5.80. The molecule has 0 aliphatic rings. The van der Waals surface area contributed by atoms with Crippen LogP contribution in [-0.2, 0) is 17.9 Å². The summed E-state index contributed by atoms with van der Waals surface area (Å²) in [5, 5.41) is 7.56. The second-order valence-electron chi connectivity index (χ2n) is 7.77. The van der Waals surface area contributed by atoms with E-state index < -0.39 is 11.5 Å². The van der Waals surface area contributed by atoms with Crippen LogP contribution < -0.4 is 16.6 Å². The maximum Gasteiger partial charge on any atom is 0.352 e. The van der Waals surface area contributed by atoms with E-state index in [9.17, 15) is 18.8 Å². The highest BCUT2D eigenvalue weighted by Crippen LogP contribution is 2.13. The Morgan fingerprint density at radius 2 is 1.84 bits per heavy atom. The zero-order valence-corrected chi connectivity index (χ0v) is 17.9. The van der Waals surface area contributed by atoms with Gasteiger partial charge in [-0.1, -0.05) is 37.3 Å². The fourth-order valence-corrected chi connectivity index (χ4v) is 3.62. The smallest absolute Gasteiger partial charge is 0.352 e. The first-order chi connectivity index (χ1) is 15.4. The minimum Gasteiger partial charge on any atom is -0.354 e. The molecule has 4 aromatic rings. The van der Waals surface area contributed by atoms with Crippen molar-refractivity contribution in [3.05, 3.63) is 80.7 Å². The van der Waals surface area contributed by atoms with Crippen LogP contribution >= 0.6 is 0 Å². The molecule has 0 spiro atoms. The van der Waals surface area contributed by atoms with Crippen molar-refractivity contribution in [2.75, 3.05) is 0 Å². The quantitative estimate of drug-likeness (QED) is 0.480. The molecule has 1 atom stereocenters. The Labute approximate surface area is 182 Å². The average molecular weight is 437 g/mol. The molecule has 1 amide bonds. The van der Waals surface area contributed by atoms with Gasteiger partial charge in [0.15, 0.2) is 0 Å². The molecule has 0 aliphatic heterocycles. The minimum absolute atomic E-state index is 0.0263. The van der Waals surface area contributed by atoms with E-state index in [1.165, 1.54) is 15.0 Å². The third kappa shape index (κ3) is 3.93. The van der Waals surface area contributed by atoms with Gasteiger partial charge in [-0.3, -0.25) is 14.2 Å². The number of aryl methyl sites for hydroxylation is 1. The molecule has 0 saturated carbocycles. The van der Waals surface area contributed by atoms with Crippen molar-refractivity contribution in [1.82, 2.24) is 24.1 Å². The first-order valence-electron chi connectivity index (χ1n) is 10.5. The van der Waals surface area contributed by atoms with E-state index in [-0.39, 0.29) is 42.8 Å². The number of amides is 1. The van der Waals surface area contributed by atoms with Crippen molar-refractivity contribution >= 4 is 22.6 Å². The normalized spacial score (nSPS) is 12.3. The summed E-state index contributed by atoms with van der Waals surface area (Å²) in [6, 6.07) is 12.9. The van der Waals surface area contributed by atoms with E-state index in [0.717, 1.165) is 11.1 Å². The van der Waals surface area contributed by atoms with Gasteiger partial charge in [0.25, 0.3) is 5.56 Å². The Hall–Kier alpha value is -3.75. The summed E-state index contributed by atoms with van der Waals surface area (Å²) >= 11 is 0. The fourth-order valence-electron chi connectivity index (χ4n) is 3.62. The topological polar surface area (TPSA) is 90.4 Å². The molecule has 32 heavy (non-hydrogen) atoms. The highest BCUT2D eigenvalue weighted by atomic mass is 19.1. The standard InChI is InChI=1S/C23H24FN5O3/c1-3-15(2)25-20(30)12-13-27-21(31)17-9-5-7-11-19(17)29-22(27)26-28(23(29)32)14-16-8-4-6-10-18(16)24/h4-11,15H,3,12-14H2,1-2H3,(H,25,30). The number of fused-ring (bicyclic) bond motifs is 3. The lowest BCUT2D eigenvalue weighted by molar-refractivity contribution is -0.121. The van der Waals surface area contributed by atoms with Crippen molar-refractivity contribution in [2.45, 2.75) is 45.8 Å². The van der Waals surface area contributed by atoms with Gasteiger partial charge < -0.3 is 5.32 Å². The SMILES string of the molecule is CCC(C)NC(=O)CCn1c(=O)c2ccccc2n2c(=O)n(Cc3ccccc3F)nc12. The van der Waals surface area contributed by atoms with Crippen LogP contribution in [0.2, 0.25) is 0 Å². The molecule has 4 rings (SSSR count). The maximum absolute atomic E-state index is 14.2. The Bertz CT molecular complexity index is 1420. The predicted octanol–water partition coefficient (Wildman–Crippen LogP) is 2.30. The summed E-state index contributed by atoms with van der Waals surface area (Å²) in [5.41, 5.74) is -0.105. The lowest BCUT2D eigenvalue weighted by Gasteiger charge is -2.12. The van der Waals surface area contributed by atoms with Crippen LogP contribution in [0.5, 0.6) is 0 Å². The third-order valence-corrected chi connectivity index (χ3v) is 5.54. The zero-order valence-electron chi connectivity index (χ0n) is 17.9. The zero-order chi connectivity index (χ0) is 22.8. The van der Waals surface area contributed by atoms with Gasteiger partial charge in [0.1, 0.15) is 5.82 Å². The van der Waals surface area contributed by atoms with Gasteiger partial charge in [0, 0.05) is 24.6 Å².